The number of nitrogens with zero attached hydrogens (tertiary/aromatic N) is 2. The van der Waals surface area contributed by atoms with E-state index in [1.165, 1.54) is 0 Å². The van der Waals surface area contributed by atoms with Gasteiger partial charge < -0.3 is 10.0 Å². The summed E-state index contributed by atoms with van der Waals surface area (Å²) in [5, 5.41) is 10.8. The number of fused-ring (bicyclic) bond motifs is 1. The molecule has 0 aliphatic carbocycles. The van der Waals surface area contributed by atoms with Crippen LogP contribution >= 0.6 is 0 Å². The minimum atomic E-state index is -0.0325. The van der Waals surface area contributed by atoms with Crippen molar-refractivity contribution in [2.24, 2.45) is 5.92 Å². The number of pyridine rings is 1. The maximum atomic E-state index is 12.5. The van der Waals surface area contributed by atoms with E-state index in [0.29, 0.717) is 19.4 Å². The maximum Gasteiger partial charge on any atom is 0.227 e. The highest BCUT2D eigenvalue weighted by atomic mass is 16.3. The zero-order valence-electron chi connectivity index (χ0n) is 14.9. The Morgan fingerprint density at radius 2 is 1.96 bits per heavy atom. The third kappa shape index (κ3) is 3.08. The van der Waals surface area contributed by atoms with Crippen molar-refractivity contribution in [3.63, 3.8) is 0 Å². The van der Waals surface area contributed by atoms with Crippen LogP contribution in [0.1, 0.15) is 23.2 Å². The molecule has 3 aromatic rings. The van der Waals surface area contributed by atoms with E-state index in [-0.39, 0.29) is 18.4 Å². The lowest BCUT2D eigenvalue weighted by molar-refractivity contribution is -0.117. The molecule has 1 aromatic heterocycles. The summed E-state index contributed by atoms with van der Waals surface area (Å²) in [6.45, 7) is 2.71. The van der Waals surface area contributed by atoms with Crippen LogP contribution in [0.5, 0.6) is 0 Å². The number of para-hydroxylation sites is 2. The van der Waals surface area contributed by atoms with Gasteiger partial charge in [0, 0.05) is 29.7 Å². The molecule has 1 saturated heterocycles. The average Bonchev–Trinajstić information content (AvgIpc) is 3.03. The second kappa shape index (κ2) is 6.89. The summed E-state index contributed by atoms with van der Waals surface area (Å²) >= 11 is 0. The lowest BCUT2D eigenvalue weighted by Gasteiger charge is -2.17. The van der Waals surface area contributed by atoms with Gasteiger partial charge in [0.2, 0.25) is 5.91 Å². The molecule has 1 fully saturated rings. The Hall–Kier alpha value is -2.72. The van der Waals surface area contributed by atoms with Gasteiger partial charge in [-0.05, 0) is 48.6 Å². The number of benzene rings is 2. The standard InChI is InChI=1S/C22H22N2O2/c1-15-6-5-7-17-12-18(14-25)20(23-22(15)17)10-16-11-21(26)24(13-16)19-8-3-2-4-9-19/h2-9,12,16,25H,10-11,13-14H2,1H3/t16-/m1/s1. The predicted octanol–water partition coefficient (Wildman–Crippen LogP) is 3.63. The van der Waals surface area contributed by atoms with Crippen LogP contribution in [0, 0.1) is 12.8 Å². The number of aliphatic hydroxyl groups excluding tert-OH is 1. The largest absolute Gasteiger partial charge is 0.392 e. The average molecular weight is 346 g/mol. The molecule has 0 radical (unpaired) electrons. The fourth-order valence-electron chi connectivity index (χ4n) is 3.79. The van der Waals surface area contributed by atoms with Crippen LogP contribution in [0.4, 0.5) is 5.69 Å². The van der Waals surface area contributed by atoms with Gasteiger partial charge in [0.25, 0.3) is 0 Å². The number of aliphatic hydroxyl groups is 1. The van der Waals surface area contributed by atoms with Crippen LogP contribution in [0.2, 0.25) is 0 Å². The monoisotopic (exact) mass is 346 g/mol. The molecule has 4 nitrogen and oxygen atoms in total. The molecule has 1 amide bonds. The van der Waals surface area contributed by atoms with Gasteiger partial charge in [0.1, 0.15) is 0 Å². The first-order chi connectivity index (χ1) is 12.7. The Bertz CT molecular complexity index is 953. The van der Waals surface area contributed by atoms with E-state index in [2.05, 4.69) is 0 Å². The van der Waals surface area contributed by atoms with Gasteiger partial charge in [0.15, 0.2) is 0 Å². The summed E-state index contributed by atoms with van der Waals surface area (Å²) in [4.78, 5) is 19.2. The Balaban J connectivity index is 1.61. The number of hydrogen-bond donors (Lipinski definition) is 1. The fraction of sp³-hybridized carbons (Fsp3) is 0.273. The first-order valence-electron chi connectivity index (χ1n) is 9.00. The second-order valence-corrected chi connectivity index (χ2v) is 7.01. The Morgan fingerprint density at radius 3 is 2.73 bits per heavy atom. The van der Waals surface area contributed by atoms with Gasteiger partial charge in [0.05, 0.1) is 12.1 Å². The van der Waals surface area contributed by atoms with Gasteiger partial charge in [-0.3, -0.25) is 9.78 Å². The number of carbonyl (C=O) groups excluding carboxylic acids is 1. The second-order valence-electron chi connectivity index (χ2n) is 7.01. The molecule has 0 bridgehead atoms. The zero-order chi connectivity index (χ0) is 18.1. The summed E-state index contributed by atoms with van der Waals surface area (Å²) in [5.41, 5.74) is 4.81. The number of anilines is 1. The van der Waals surface area contributed by atoms with E-state index in [1.807, 2.05) is 66.4 Å². The molecule has 0 spiro atoms. The first kappa shape index (κ1) is 16.7. The molecule has 2 aromatic carbocycles. The smallest absolute Gasteiger partial charge is 0.227 e. The summed E-state index contributed by atoms with van der Waals surface area (Å²) in [5.74, 6) is 0.366. The quantitative estimate of drug-likeness (QED) is 0.785. The fourth-order valence-corrected chi connectivity index (χ4v) is 3.79. The van der Waals surface area contributed by atoms with Crippen molar-refractivity contribution >= 4 is 22.5 Å². The van der Waals surface area contributed by atoms with E-state index in [4.69, 9.17) is 4.98 Å². The third-order valence-electron chi connectivity index (χ3n) is 5.14. The molecule has 1 atom stereocenters. The summed E-state index contributed by atoms with van der Waals surface area (Å²) in [6.07, 6.45) is 1.22. The van der Waals surface area contributed by atoms with Crippen LogP contribution < -0.4 is 4.90 Å². The third-order valence-corrected chi connectivity index (χ3v) is 5.14. The number of hydrogen-bond acceptors (Lipinski definition) is 3. The molecule has 1 aliphatic rings. The van der Waals surface area contributed by atoms with Crippen LogP contribution in [-0.4, -0.2) is 22.5 Å². The molecular formula is C22H22N2O2. The highest BCUT2D eigenvalue weighted by Gasteiger charge is 2.31. The Labute approximate surface area is 153 Å². The number of carbonyl (C=O) groups is 1. The van der Waals surface area contributed by atoms with Gasteiger partial charge in [-0.25, -0.2) is 0 Å². The molecule has 132 valence electrons. The maximum absolute atomic E-state index is 12.5. The van der Waals surface area contributed by atoms with Crippen molar-refractivity contribution in [3.05, 3.63) is 71.4 Å². The van der Waals surface area contributed by atoms with E-state index in [0.717, 1.165) is 33.4 Å². The van der Waals surface area contributed by atoms with E-state index >= 15 is 0 Å². The number of rotatable bonds is 4. The molecular weight excluding hydrogens is 324 g/mol. The minimum absolute atomic E-state index is 0.0325. The summed E-state index contributed by atoms with van der Waals surface area (Å²) in [6, 6.07) is 17.9. The number of amides is 1. The topological polar surface area (TPSA) is 53.4 Å². The normalized spacial score (nSPS) is 17.2. The lowest BCUT2D eigenvalue weighted by atomic mass is 9.97. The lowest BCUT2D eigenvalue weighted by Crippen LogP contribution is -2.24. The van der Waals surface area contributed by atoms with Crippen LogP contribution in [-0.2, 0) is 17.8 Å². The Kier molecular flexibility index (Phi) is 4.43. The molecule has 26 heavy (non-hydrogen) atoms. The van der Waals surface area contributed by atoms with Crippen LogP contribution in [0.3, 0.4) is 0 Å². The number of aryl methyl sites for hydroxylation is 1. The Morgan fingerprint density at radius 1 is 1.15 bits per heavy atom. The van der Waals surface area contributed by atoms with Crippen molar-refractivity contribution in [1.29, 1.82) is 0 Å². The molecule has 1 aliphatic heterocycles. The minimum Gasteiger partial charge on any atom is -0.392 e. The van der Waals surface area contributed by atoms with Gasteiger partial charge >= 0.3 is 0 Å². The predicted molar refractivity (Wildman–Crippen MR) is 103 cm³/mol. The molecule has 4 heteroatoms. The molecule has 2 heterocycles. The van der Waals surface area contributed by atoms with Crippen molar-refractivity contribution in [1.82, 2.24) is 4.98 Å². The van der Waals surface area contributed by atoms with Crippen molar-refractivity contribution in [2.45, 2.75) is 26.4 Å². The van der Waals surface area contributed by atoms with E-state index < -0.39 is 0 Å². The molecule has 0 unspecified atom stereocenters. The van der Waals surface area contributed by atoms with Gasteiger partial charge in [-0.15, -0.1) is 0 Å². The zero-order valence-corrected chi connectivity index (χ0v) is 14.9. The van der Waals surface area contributed by atoms with Gasteiger partial charge in [-0.1, -0.05) is 36.4 Å². The van der Waals surface area contributed by atoms with Crippen LogP contribution in [0.15, 0.2) is 54.6 Å². The van der Waals surface area contributed by atoms with E-state index in [9.17, 15) is 9.90 Å². The number of aromatic nitrogens is 1. The van der Waals surface area contributed by atoms with E-state index in [1.54, 1.807) is 0 Å². The molecule has 4 rings (SSSR count). The van der Waals surface area contributed by atoms with Gasteiger partial charge in [-0.2, -0.15) is 0 Å². The van der Waals surface area contributed by atoms with Crippen molar-refractivity contribution in [3.8, 4) is 0 Å². The molecule has 1 N–H and O–H groups in total. The highest BCUT2D eigenvalue weighted by Crippen LogP contribution is 2.29. The van der Waals surface area contributed by atoms with Crippen LogP contribution in [0.25, 0.3) is 10.9 Å². The van der Waals surface area contributed by atoms with Crippen molar-refractivity contribution in [2.75, 3.05) is 11.4 Å². The van der Waals surface area contributed by atoms with Crippen molar-refractivity contribution < 1.29 is 9.90 Å². The summed E-state index contributed by atoms with van der Waals surface area (Å²) < 4.78 is 0. The SMILES string of the molecule is Cc1cccc2cc(CO)c(C[C@@H]3CC(=O)N(c4ccccc4)C3)nc12. The molecule has 0 saturated carbocycles. The summed E-state index contributed by atoms with van der Waals surface area (Å²) in [7, 11) is 0. The first-order valence-corrected chi connectivity index (χ1v) is 9.00. The highest BCUT2D eigenvalue weighted by molar-refractivity contribution is 5.95.